The van der Waals surface area contributed by atoms with Crippen molar-refractivity contribution in [3.05, 3.63) is 90.6 Å². The molecule has 0 N–H and O–H groups in total. The first-order valence-corrected chi connectivity index (χ1v) is 51.8. The van der Waals surface area contributed by atoms with Crippen LogP contribution in [0.3, 0.4) is 0 Å². The summed E-state index contributed by atoms with van der Waals surface area (Å²) in [6, 6.07) is 6.87. The lowest BCUT2D eigenvalue weighted by molar-refractivity contribution is -0.131. The number of thiazole rings is 2. The van der Waals surface area contributed by atoms with Crippen molar-refractivity contribution in [2.45, 2.75) is 403 Å². The van der Waals surface area contributed by atoms with Gasteiger partial charge in [0.05, 0.1) is 33.2 Å². The summed E-state index contributed by atoms with van der Waals surface area (Å²) in [7, 11) is 0. The zero-order valence-electron chi connectivity index (χ0n) is 85.0. The molecule has 688 valence electrons. The van der Waals surface area contributed by atoms with Gasteiger partial charge in [-0.1, -0.05) is 291 Å². The van der Waals surface area contributed by atoms with Gasteiger partial charge in [-0.2, -0.15) is 11.8 Å². The van der Waals surface area contributed by atoms with Crippen LogP contribution in [0, 0.1) is 124 Å². The summed E-state index contributed by atoms with van der Waals surface area (Å²) in [5.41, 5.74) is 10.1. The summed E-state index contributed by atoms with van der Waals surface area (Å²) in [6.45, 7) is 91.6. The Bertz CT molecular complexity index is 2920. The Kier molecular flexibility index (Phi) is 64.0. The minimum absolute atomic E-state index is 0.350. The van der Waals surface area contributed by atoms with Crippen LogP contribution in [0.5, 0.6) is 0 Å². The van der Waals surface area contributed by atoms with Gasteiger partial charge in [0, 0.05) is 62.6 Å². The summed E-state index contributed by atoms with van der Waals surface area (Å²) in [5.74, 6) is 20.1. The zero-order valence-corrected chi connectivity index (χ0v) is 87.4. The fraction of sp³-hybridized carbons (Fsp3) is 0.840. The van der Waals surface area contributed by atoms with E-state index in [4.69, 9.17) is 4.74 Å². The van der Waals surface area contributed by atoms with Gasteiger partial charge in [-0.15, -0.1) is 27.8 Å². The maximum Gasteiger partial charge on any atom is 0.222 e. The van der Waals surface area contributed by atoms with Gasteiger partial charge in [-0.25, -0.2) is 9.97 Å². The largest absolute Gasteiger partial charge is 0.378 e. The van der Waals surface area contributed by atoms with E-state index in [0.29, 0.717) is 59.9 Å². The third kappa shape index (κ3) is 59.9. The number of carbonyl (C=O) groups is 1. The first-order chi connectivity index (χ1) is 55.2. The molecule has 4 aromatic rings. The second-order valence-corrected chi connectivity index (χ2v) is 46.5. The maximum absolute atomic E-state index is 11.7. The molecule has 5 unspecified atom stereocenters. The third-order valence-corrected chi connectivity index (χ3v) is 25.9. The number of ether oxygens (including phenoxy) is 1. The van der Waals surface area contributed by atoms with Crippen molar-refractivity contribution in [1.29, 1.82) is 0 Å². The van der Waals surface area contributed by atoms with Crippen LogP contribution in [0.4, 0.5) is 0 Å². The molecule has 0 radical (unpaired) electrons. The number of rotatable bonds is 37. The maximum atomic E-state index is 11.7. The highest BCUT2D eigenvalue weighted by Crippen LogP contribution is 2.37. The smallest absolute Gasteiger partial charge is 0.222 e. The van der Waals surface area contributed by atoms with Crippen molar-refractivity contribution >= 4 is 40.3 Å². The van der Waals surface area contributed by atoms with E-state index in [2.05, 4.69) is 334 Å². The number of benzene rings is 1. The van der Waals surface area contributed by atoms with Crippen LogP contribution in [0.15, 0.2) is 46.8 Å². The number of nitrogens with zero attached hydrogens (tertiary/aromatic N) is 7. The van der Waals surface area contributed by atoms with E-state index >= 15 is 0 Å². The zero-order chi connectivity index (χ0) is 89.9. The van der Waals surface area contributed by atoms with E-state index in [1.165, 1.54) is 142 Å². The van der Waals surface area contributed by atoms with Gasteiger partial charge in [0.25, 0.3) is 0 Å². The minimum atomic E-state index is 0.350. The van der Waals surface area contributed by atoms with E-state index in [-0.39, 0.29) is 0 Å². The first-order valence-electron chi connectivity index (χ1n) is 48.9. The molecule has 8 rings (SSSR count). The van der Waals surface area contributed by atoms with Crippen molar-refractivity contribution in [3.8, 4) is 0 Å². The van der Waals surface area contributed by atoms with Gasteiger partial charge < -0.3 is 14.5 Å². The molecule has 1 aromatic carbocycles. The van der Waals surface area contributed by atoms with E-state index in [1.807, 2.05) is 32.3 Å². The Morgan fingerprint density at radius 1 is 0.517 bits per heavy atom. The van der Waals surface area contributed by atoms with Crippen molar-refractivity contribution in [2.24, 2.45) is 124 Å². The molecular formula is C106H199N7O2S3. The molecule has 9 nitrogen and oxygen atoms in total. The highest BCUT2D eigenvalue weighted by atomic mass is 32.2. The molecule has 3 fully saturated rings. The Morgan fingerprint density at radius 2 is 1.05 bits per heavy atom. The standard InChI is InChI=1S/C15H22.C12H23NO.C12H21NS.C12H25N.C12H24O.C12H24.C11H19NS.C10H19N3.C10H22S/c1-10(2)13-8-12-6-5-7-14(11(3)4)15(12)9-13;1-9(2)7-12(14)13-6-5-11(8-13)10(3)4;1-9(2)5-6-12-13-11(8-14-12)7-10(3)4;1-10(2)5-7-13-8-6-12(9-13)11(3)4;1-9(2)8-13-12-6-5-11(7-12)10(3)4;1-10(2)6-8-12(5)9-7-11(3)4;1-8(2)5-10-7-13-11(12-10)6-9(3)4;1-8(2)5-10-7-13(12-11-10)6-9(3)4;1-9(2)6-5-7-11-8-10(3)4/h5-7,10-11,13H,8-9H2,1-4H3;9-11H,5-8H2,1-4H3;8-10H,5-7H2,1-4H3;10-12H,5-9H2,1-4H3;9-12H,5-8H2,1-4H3;8,10-11H,6-7,9H2,1-5H3;2*7-9H,5-6H2,1-4H3;9-10H,5-8H2,1-4H3/b;;;;;12-8+;;;. The molecule has 2 aliphatic heterocycles. The van der Waals surface area contributed by atoms with Gasteiger partial charge in [0.2, 0.25) is 5.91 Å². The summed E-state index contributed by atoms with van der Waals surface area (Å²) >= 11 is 5.73. The molecular weight excluding hydrogens is 1500 g/mol. The lowest BCUT2D eigenvalue weighted by Crippen LogP contribution is -2.30. The molecule has 4 aliphatic rings. The van der Waals surface area contributed by atoms with Crippen LogP contribution in [0.2, 0.25) is 0 Å². The number of amides is 1. The fourth-order valence-corrected chi connectivity index (χ4v) is 17.7. The topological polar surface area (TPSA) is 89.3 Å². The fourth-order valence-electron chi connectivity index (χ4n) is 14.8. The van der Waals surface area contributed by atoms with Crippen molar-refractivity contribution < 1.29 is 9.53 Å². The van der Waals surface area contributed by atoms with E-state index in [0.717, 1.165) is 153 Å². The molecule has 118 heavy (non-hydrogen) atoms. The monoisotopic (exact) mass is 1700 g/mol. The molecule has 0 bridgehead atoms. The second kappa shape index (κ2) is 65.7. The van der Waals surface area contributed by atoms with Crippen molar-refractivity contribution in [1.82, 2.24) is 34.8 Å². The molecule has 3 aromatic heterocycles. The highest BCUT2D eigenvalue weighted by Gasteiger charge is 2.30. The number of allylic oxidation sites excluding steroid dienone is 2. The number of fused-ring (bicyclic) bond motifs is 1. The summed E-state index contributed by atoms with van der Waals surface area (Å²) < 4.78 is 7.78. The molecule has 0 spiro atoms. The number of carbonyl (C=O) groups excluding carboxylic acids is 1. The van der Waals surface area contributed by atoms with Crippen molar-refractivity contribution in [2.75, 3.05) is 50.8 Å². The van der Waals surface area contributed by atoms with Crippen LogP contribution in [0.25, 0.3) is 0 Å². The van der Waals surface area contributed by atoms with E-state index < -0.39 is 0 Å². The normalized spacial score (nSPS) is 17.5. The second-order valence-electron chi connectivity index (χ2n) is 43.5. The van der Waals surface area contributed by atoms with Gasteiger partial charge in [0.15, 0.2) is 0 Å². The SMILES string of the molecule is C/C(=C\CC(C)C)CCC(C)C.CC(C)CC(=O)N1CCC(C(C)C)C1.CC(C)CCCSCC(C)C.CC(C)CCN1CCC(C(C)C)C1.CC(C)CCc1nc(CC(C)C)cs1.CC(C)COC1CCC(C(C)C)C1.CC(C)Cc1cn(CC(C)C)nn1.CC(C)Cc1csc(CC(C)C)n1.CC(C)c1cccc2c1CC(C(C)C)C2. The van der Waals surface area contributed by atoms with Crippen LogP contribution in [-0.2, 0) is 61.0 Å². The predicted octanol–water partition coefficient (Wildman–Crippen LogP) is 31.0. The summed E-state index contributed by atoms with van der Waals surface area (Å²) in [6.07, 6.45) is 29.7. The first kappa shape index (κ1) is 115. The Morgan fingerprint density at radius 3 is 1.53 bits per heavy atom. The quantitative estimate of drug-likeness (QED) is 0.0326. The number of hydrogen-bond acceptors (Lipinski definition) is 10. The third-order valence-electron chi connectivity index (χ3n) is 22.5. The van der Waals surface area contributed by atoms with Crippen molar-refractivity contribution in [3.63, 3.8) is 0 Å². The van der Waals surface area contributed by atoms with Gasteiger partial charge in [-0.3, -0.25) is 9.48 Å². The molecule has 2 aliphatic carbocycles. The van der Waals surface area contributed by atoms with Crippen LogP contribution >= 0.6 is 34.4 Å². The Labute approximate surface area is 748 Å². The minimum Gasteiger partial charge on any atom is -0.378 e. The predicted molar refractivity (Wildman–Crippen MR) is 531 cm³/mol. The average molecular weight is 1700 g/mol. The average Bonchev–Trinajstić information content (AvgIpc) is 1.65. The number of thioether (sulfide) groups is 1. The summed E-state index contributed by atoms with van der Waals surface area (Å²) in [4.78, 5) is 25.7. The Balaban J connectivity index is 0.00000131. The van der Waals surface area contributed by atoms with Gasteiger partial charge >= 0.3 is 0 Å². The lowest BCUT2D eigenvalue weighted by atomic mass is 9.91. The highest BCUT2D eigenvalue weighted by molar-refractivity contribution is 7.99. The lowest BCUT2D eigenvalue weighted by Gasteiger charge is -2.19. The molecule has 5 atom stereocenters. The molecule has 12 heteroatoms. The Hall–Kier alpha value is -2.90. The molecule has 2 saturated heterocycles. The van der Waals surface area contributed by atoms with Crippen LogP contribution < -0.4 is 0 Å². The number of likely N-dealkylation sites (tertiary alicyclic amines) is 2. The molecule has 5 heterocycles. The van der Waals surface area contributed by atoms with Crippen LogP contribution in [0.1, 0.15) is 389 Å². The van der Waals surface area contributed by atoms with E-state index in [1.54, 1.807) is 22.3 Å². The molecule has 1 amide bonds. The summed E-state index contributed by atoms with van der Waals surface area (Å²) in [5, 5.41) is 15.2. The number of aryl methyl sites for hydroxylation is 1. The van der Waals surface area contributed by atoms with Gasteiger partial charge in [-0.05, 0) is 288 Å². The van der Waals surface area contributed by atoms with Crippen LogP contribution in [-0.4, -0.2) is 97.6 Å². The van der Waals surface area contributed by atoms with E-state index in [9.17, 15) is 4.79 Å². The van der Waals surface area contributed by atoms with Gasteiger partial charge in [0.1, 0.15) is 0 Å². The molecule has 1 saturated carbocycles. The number of hydrogen-bond donors (Lipinski definition) is 0. The number of aromatic nitrogens is 5.